The third-order valence-electron chi connectivity index (χ3n) is 10.0. The fraction of sp³-hybridized carbons (Fsp3) is 0.441. The monoisotopic (exact) mass is 617 g/mol. The number of pyridine rings is 1. The molecule has 0 saturated carbocycles. The third kappa shape index (κ3) is 4.62. The van der Waals surface area contributed by atoms with Crippen molar-refractivity contribution in [3.05, 3.63) is 53.7 Å². The van der Waals surface area contributed by atoms with Crippen LogP contribution in [0.4, 0.5) is 19.0 Å². The van der Waals surface area contributed by atoms with Crippen molar-refractivity contribution < 1.29 is 27.8 Å². The molecular formula is C34H34F3N5O3. The molecule has 4 aliphatic heterocycles. The van der Waals surface area contributed by atoms with Gasteiger partial charge in [0.15, 0.2) is 5.82 Å². The van der Waals surface area contributed by atoms with Gasteiger partial charge in [-0.3, -0.25) is 4.90 Å². The number of piperidine rings is 1. The molecule has 11 heteroatoms. The van der Waals surface area contributed by atoms with Gasteiger partial charge in [0.05, 0.1) is 35.9 Å². The van der Waals surface area contributed by atoms with Crippen molar-refractivity contribution in [3.8, 4) is 23.0 Å². The van der Waals surface area contributed by atoms with Crippen LogP contribution in [-0.4, -0.2) is 75.6 Å². The molecule has 0 amide bonds. The summed E-state index contributed by atoms with van der Waals surface area (Å²) in [6.45, 7) is 6.45. The van der Waals surface area contributed by atoms with Crippen LogP contribution in [-0.2, 0) is 11.3 Å². The standard InChI is InChI=1S/C34H34F3N5O3/c1-2-23-25(36)8-7-19-12-22(43)13-24(27(19)23)30-29(37)31-28-26(38-30)17-44-16-21-6-3-4-11-42(21)32(28)40-33(39-31)45-18-34-9-5-10-41(34)15-20(35)14-34/h2,7-8,12-13,20-21,43H,1,3-6,9-11,14-18H2/t20-,21+,34+/m1/s1. The van der Waals surface area contributed by atoms with Crippen molar-refractivity contribution in [1.82, 2.24) is 19.9 Å². The van der Waals surface area contributed by atoms with Gasteiger partial charge in [0.25, 0.3) is 0 Å². The maximum atomic E-state index is 17.0. The number of aromatic nitrogens is 3. The number of phenolic OH excluding ortho intramolecular Hbond substituents is 1. The van der Waals surface area contributed by atoms with Crippen LogP contribution in [0.2, 0.25) is 0 Å². The lowest BCUT2D eigenvalue weighted by Gasteiger charge is -2.38. The summed E-state index contributed by atoms with van der Waals surface area (Å²) in [5, 5.41) is 12.0. The Labute approximate surface area is 258 Å². The van der Waals surface area contributed by atoms with Gasteiger partial charge in [-0.25, -0.2) is 18.2 Å². The molecule has 4 aromatic rings. The quantitative estimate of drug-likeness (QED) is 0.279. The lowest BCUT2D eigenvalue weighted by Crippen LogP contribution is -2.44. The summed E-state index contributed by atoms with van der Waals surface area (Å²) in [7, 11) is 0. The highest BCUT2D eigenvalue weighted by Gasteiger charge is 2.49. The van der Waals surface area contributed by atoms with Gasteiger partial charge < -0.3 is 19.5 Å². The van der Waals surface area contributed by atoms with Crippen LogP contribution in [0.5, 0.6) is 11.8 Å². The molecule has 3 fully saturated rings. The second-order valence-electron chi connectivity index (χ2n) is 12.8. The van der Waals surface area contributed by atoms with E-state index in [4.69, 9.17) is 19.4 Å². The van der Waals surface area contributed by atoms with E-state index >= 15 is 4.39 Å². The normalized spacial score (nSPS) is 24.8. The molecule has 234 valence electrons. The molecule has 2 aromatic heterocycles. The number of fused-ring (bicyclic) bond motifs is 4. The average molecular weight is 618 g/mol. The molecule has 1 N–H and O–H groups in total. The van der Waals surface area contributed by atoms with E-state index in [1.54, 1.807) is 0 Å². The van der Waals surface area contributed by atoms with Crippen LogP contribution in [0.15, 0.2) is 30.8 Å². The van der Waals surface area contributed by atoms with E-state index in [1.165, 1.54) is 30.3 Å². The Morgan fingerprint density at radius 3 is 2.87 bits per heavy atom. The minimum Gasteiger partial charge on any atom is -0.508 e. The van der Waals surface area contributed by atoms with Crippen molar-refractivity contribution in [3.63, 3.8) is 0 Å². The topological polar surface area (TPSA) is 83.8 Å². The fourth-order valence-corrected chi connectivity index (χ4v) is 7.99. The van der Waals surface area contributed by atoms with Crippen LogP contribution in [0.1, 0.15) is 49.8 Å². The van der Waals surface area contributed by atoms with Crippen LogP contribution in [0, 0.1) is 11.6 Å². The summed E-state index contributed by atoms with van der Waals surface area (Å²) >= 11 is 0. The van der Waals surface area contributed by atoms with Gasteiger partial charge in [0.2, 0.25) is 0 Å². The SMILES string of the molecule is C=Cc1c(F)ccc2cc(O)cc(-c3nc4c5c(nc(OC[C@@]67CCCN6C[C@H](F)C7)nc5c3F)N3CCCC[C@H]3COC4)c12. The smallest absolute Gasteiger partial charge is 0.319 e. The maximum Gasteiger partial charge on any atom is 0.319 e. The van der Waals surface area contributed by atoms with Crippen LogP contribution < -0.4 is 9.64 Å². The number of ether oxygens (including phenoxy) is 2. The summed E-state index contributed by atoms with van der Waals surface area (Å²) in [4.78, 5) is 18.6. The van der Waals surface area contributed by atoms with Crippen LogP contribution >= 0.6 is 0 Å². The van der Waals surface area contributed by atoms with E-state index < -0.39 is 23.3 Å². The number of hydrogen-bond donors (Lipinski definition) is 1. The van der Waals surface area contributed by atoms with E-state index in [1.807, 2.05) is 0 Å². The van der Waals surface area contributed by atoms with Crippen molar-refractivity contribution in [1.29, 1.82) is 0 Å². The van der Waals surface area contributed by atoms with E-state index in [9.17, 15) is 13.9 Å². The van der Waals surface area contributed by atoms with Gasteiger partial charge >= 0.3 is 6.01 Å². The van der Waals surface area contributed by atoms with E-state index in [0.29, 0.717) is 53.8 Å². The number of halogens is 3. The third-order valence-corrected chi connectivity index (χ3v) is 10.0. The number of alkyl halides is 1. The molecule has 6 heterocycles. The fourth-order valence-electron chi connectivity index (χ4n) is 7.99. The van der Waals surface area contributed by atoms with Gasteiger partial charge in [-0.15, -0.1) is 0 Å². The number of phenols is 1. The summed E-state index contributed by atoms with van der Waals surface area (Å²) in [5.74, 6) is -0.841. The van der Waals surface area contributed by atoms with Crippen molar-refractivity contribution >= 4 is 33.6 Å². The number of benzene rings is 2. The number of hydrogen-bond acceptors (Lipinski definition) is 8. The first-order chi connectivity index (χ1) is 21.8. The zero-order valence-corrected chi connectivity index (χ0v) is 24.9. The predicted molar refractivity (Wildman–Crippen MR) is 165 cm³/mol. The zero-order valence-electron chi connectivity index (χ0n) is 24.9. The van der Waals surface area contributed by atoms with Gasteiger partial charge in [-0.2, -0.15) is 9.97 Å². The molecular weight excluding hydrogens is 583 g/mol. The largest absolute Gasteiger partial charge is 0.508 e. The molecule has 8 rings (SSSR count). The molecule has 0 spiro atoms. The van der Waals surface area contributed by atoms with Gasteiger partial charge in [-0.05, 0) is 62.2 Å². The maximum absolute atomic E-state index is 17.0. The average Bonchev–Trinajstić information content (AvgIpc) is 3.55. The van der Waals surface area contributed by atoms with Crippen molar-refractivity contribution in [2.24, 2.45) is 0 Å². The Morgan fingerprint density at radius 2 is 2.00 bits per heavy atom. The summed E-state index contributed by atoms with van der Waals surface area (Å²) in [6.07, 6.45) is 5.54. The van der Waals surface area contributed by atoms with Crippen LogP contribution in [0.3, 0.4) is 0 Å². The van der Waals surface area contributed by atoms with E-state index in [2.05, 4.69) is 21.4 Å². The zero-order chi connectivity index (χ0) is 30.9. The first kappa shape index (κ1) is 28.5. The molecule has 0 radical (unpaired) electrons. The molecule has 45 heavy (non-hydrogen) atoms. The molecule has 3 atom stereocenters. The number of anilines is 1. The molecule has 2 aromatic carbocycles. The first-order valence-corrected chi connectivity index (χ1v) is 15.7. The number of nitrogens with zero attached hydrogens (tertiary/aromatic N) is 5. The second-order valence-corrected chi connectivity index (χ2v) is 12.8. The first-order valence-electron chi connectivity index (χ1n) is 15.7. The molecule has 0 bridgehead atoms. The van der Waals surface area contributed by atoms with Crippen LogP contribution in [0.25, 0.3) is 39.0 Å². The molecule has 0 unspecified atom stereocenters. The van der Waals surface area contributed by atoms with Gasteiger partial charge in [0, 0.05) is 36.0 Å². The van der Waals surface area contributed by atoms with E-state index in [0.717, 1.165) is 38.6 Å². The summed E-state index contributed by atoms with van der Waals surface area (Å²) in [5.41, 5.74) is 0.304. The summed E-state index contributed by atoms with van der Waals surface area (Å²) < 4.78 is 58.8. The highest BCUT2D eigenvalue weighted by molar-refractivity contribution is 6.04. The highest BCUT2D eigenvalue weighted by Crippen LogP contribution is 2.43. The van der Waals surface area contributed by atoms with Crippen molar-refractivity contribution in [2.75, 3.05) is 37.7 Å². The highest BCUT2D eigenvalue weighted by atomic mass is 19.1. The Balaban J connectivity index is 1.34. The molecule has 8 nitrogen and oxygen atoms in total. The minimum absolute atomic E-state index is 0.00782. The Morgan fingerprint density at radius 1 is 1.11 bits per heavy atom. The Kier molecular flexibility index (Phi) is 6.87. The summed E-state index contributed by atoms with van der Waals surface area (Å²) in [6, 6.07) is 5.76. The number of aromatic hydroxyl groups is 1. The minimum atomic E-state index is -0.912. The van der Waals surface area contributed by atoms with Gasteiger partial charge in [-0.1, -0.05) is 18.7 Å². The second kappa shape index (κ2) is 10.8. The lowest BCUT2D eigenvalue weighted by molar-refractivity contribution is 0.0956. The molecule has 0 aliphatic carbocycles. The van der Waals surface area contributed by atoms with Crippen molar-refractivity contribution in [2.45, 2.75) is 62.9 Å². The molecule has 4 aliphatic rings. The van der Waals surface area contributed by atoms with E-state index in [-0.39, 0.29) is 53.4 Å². The lowest BCUT2D eigenvalue weighted by atomic mass is 9.95. The number of rotatable bonds is 5. The Hall–Kier alpha value is -3.96. The Bertz CT molecular complexity index is 1850. The van der Waals surface area contributed by atoms with Gasteiger partial charge in [0.1, 0.15) is 41.4 Å². The molecule has 3 saturated heterocycles. The predicted octanol–water partition coefficient (Wildman–Crippen LogP) is 6.32.